The van der Waals surface area contributed by atoms with Crippen molar-refractivity contribution in [1.29, 1.82) is 0 Å². The van der Waals surface area contributed by atoms with Gasteiger partial charge in [-0.05, 0) is 18.9 Å². The molecule has 1 saturated heterocycles. The summed E-state index contributed by atoms with van der Waals surface area (Å²) in [4.78, 5) is 20.6. The van der Waals surface area contributed by atoms with E-state index in [4.69, 9.17) is 10.2 Å². The molecule has 0 atom stereocenters. The van der Waals surface area contributed by atoms with Gasteiger partial charge in [0.05, 0.1) is 12.3 Å². The molecule has 92 valence electrons. The van der Waals surface area contributed by atoms with E-state index in [0.717, 1.165) is 12.8 Å². The van der Waals surface area contributed by atoms with Gasteiger partial charge in [-0.3, -0.25) is 0 Å². The van der Waals surface area contributed by atoms with Crippen molar-refractivity contribution < 1.29 is 15.0 Å². The van der Waals surface area contributed by atoms with Crippen LogP contribution in [0.5, 0.6) is 0 Å². The highest BCUT2D eigenvalue weighted by molar-refractivity contribution is 5.65. The fourth-order valence-electron chi connectivity index (χ4n) is 2.03. The van der Waals surface area contributed by atoms with Gasteiger partial charge < -0.3 is 15.1 Å². The zero-order chi connectivity index (χ0) is 12.3. The number of likely N-dealkylation sites (tertiary alicyclic amines) is 1. The van der Waals surface area contributed by atoms with Crippen molar-refractivity contribution in [2.24, 2.45) is 0 Å². The molecule has 0 saturated carbocycles. The van der Waals surface area contributed by atoms with Crippen LogP contribution < -0.4 is 0 Å². The first-order chi connectivity index (χ1) is 8.20. The van der Waals surface area contributed by atoms with Gasteiger partial charge in [0, 0.05) is 25.2 Å². The number of hydrogen-bond acceptors (Lipinski definition) is 4. The summed E-state index contributed by atoms with van der Waals surface area (Å²) in [6.45, 7) is 0.947. The summed E-state index contributed by atoms with van der Waals surface area (Å²) in [6, 6.07) is 1.68. The molecular formula is C11H15N3O3. The Morgan fingerprint density at radius 2 is 2.18 bits per heavy atom. The number of aliphatic hydroxyl groups excluding tert-OH is 1. The smallest absolute Gasteiger partial charge is 0.407 e. The number of aromatic nitrogens is 2. The number of hydrogen-bond donors (Lipinski definition) is 2. The first-order valence-corrected chi connectivity index (χ1v) is 5.61. The zero-order valence-corrected chi connectivity index (χ0v) is 9.41. The molecule has 1 aromatic heterocycles. The maximum absolute atomic E-state index is 10.8. The second kappa shape index (κ2) is 5.09. The molecule has 1 aliphatic rings. The van der Waals surface area contributed by atoms with Gasteiger partial charge in [0.1, 0.15) is 5.82 Å². The highest BCUT2D eigenvalue weighted by Crippen LogP contribution is 2.25. The van der Waals surface area contributed by atoms with Gasteiger partial charge in [-0.2, -0.15) is 0 Å². The summed E-state index contributed by atoms with van der Waals surface area (Å²) >= 11 is 0. The SMILES string of the molecule is O=C(O)N1CCC(c2nccc(CO)n2)CC1. The maximum Gasteiger partial charge on any atom is 0.407 e. The molecule has 6 heteroatoms. The molecule has 0 radical (unpaired) electrons. The van der Waals surface area contributed by atoms with E-state index in [1.165, 1.54) is 4.90 Å². The Balaban J connectivity index is 2.02. The third-order valence-electron chi connectivity index (χ3n) is 3.02. The molecular weight excluding hydrogens is 222 g/mol. The van der Waals surface area contributed by atoms with E-state index in [-0.39, 0.29) is 12.5 Å². The van der Waals surface area contributed by atoms with Gasteiger partial charge in [-0.1, -0.05) is 0 Å². The van der Waals surface area contributed by atoms with Gasteiger partial charge in [0.25, 0.3) is 0 Å². The number of carbonyl (C=O) groups is 1. The summed E-state index contributed by atoms with van der Waals surface area (Å²) in [5.41, 5.74) is 0.607. The quantitative estimate of drug-likeness (QED) is 0.795. The third-order valence-corrected chi connectivity index (χ3v) is 3.02. The van der Waals surface area contributed by atoms with Gasteiger partial charge in [-0.15, -0.1) is 0 Å². The Labute approximate surface area is 98.9 Å². The second-order valence-electron chi connectivity index (χ2n) is 4.11. The molecule has 0 aliphatic carbocycles. The number of carboxylic acid groups (broad SMARTS) is 1. The molecule has 2 N–H and O–H groups in total. The number of rotatable bonds is 2. The number of amides is 1. The average Bonchev–Trinajstić information content (AvgIpc) is 2.39. The van der Waals surface area contributed by atoms with E-state index in [1.807, 2.05) is 0 Å². The van der Waals surface area contributed by atoms with Crippen molar-refractivity contribution in [1.82, 2.24) is 14.9 Å². The van der Waals surface area contributed by atoms with Crippen LogP contribution in [0.3, 0.4) is 0 Å². The number of nitrogens with zero attached hydrogens (tertiary/aromatic N) is 3. The van der Waals surface area contributed by atoms with Crippen LogP contribution in [0.4, 0.5) is 4.79 Å². The van der Waals surface area contributed by atoms with Crippen LogP contribution in [-0.4, -0.2) is 44.3 Å². The third kappa shape index (κ3) is 2.71. The Kier molecular flexibility index (Phi) is 3.53. The van der Waals surface area contributed by atoms with Crippen molar-refractivity contribution in [3.63, 3.8) is 0 Å². The lowest BCUT2D eigenvalue weighted by atomic mass is 9.96. The number of piperidine rings is 1. The molecule has 1 fully saturated rings. The molecule has 0 bridgehead atoms. The standard InChI is InChI=1S/C11H15N3O3/c15-7-9-1-4-12-10(13-9)8-2-5-14(6-3-8)11(16)17/h1,4,8,15H,2-3,5-7H2,(H,16,17). The highest BCUT2D eigenvalue weighted by atomic mass is 16.4. The van der Waals surface area contributed by atoms with Gasteiger partial charge in [0.2, 0.25) is 0 Å². The van der Waals surface area contributed by atoms with Crippen molar-refractivity contribution in [2.45, 2.75) is 25.4 Å². The lowest BCUT2D eigenvalue weighted by Crippen LogP contribution is -2.37. The Morgan fingerprint density at radius 3 is 2.76 bits per heavy atom. The van der Waals surface area contributed by atoms with E-state index in [9.17, 15) is 4.79 Å². The predicted molar refractivity (Wildman–Crippen MR) is 59.5 cm³/mol. The van der Waals surface area contributed by atoms with E-state index < -0.39 is 6.09 Å². The Bertz CT molecular complexity index is 403. The van der Waals surface area contributed by atoms with Crippen LogP contribution in [0, 0.1) is 0 Å². The van der Waals surface area contributed by atoms with Gasteiger partial charge in [0.15, 0.2) is 0 Å². The molecule has 6 nitrogen and oxygen atoms in total. The van der Waals surface area contributed by atoms with Crippen LogP contribution in [-0.2, 0) is 6.61 Å². The summed E-state index contributed by atoms with van der Waals surface area (Å²) in [6.07, 6.45) is 2.24. The van der Waals surface area contributed by atoms with Crippen LogP contribution in [0.25, 0.3) is 0 Å². The topological polar surface area (TPSA) is 86.5 Å². The summed E-state index contributed by atoms with van der Waals surface area (Å²) < 4.78 is 0. The fraction of sp³-hybridized carbons (Fsp3) is 0.545. The Morgan fingerprint density at radius 1 is 1.47 bits per heavy atom. The van der Waals surface area contributed by atoms with E-state index in [2.05, 4.69) is 9.97 Å². The van der Waals surface area contributed by atoms with E-state index >= 15 is 0 Å². The van der Waals surface area contributed by atoms with Crippen molar-refractivity contribution in [2.75, 3.05) is 13.1 Å². The summed E-state index contributed by atoms with van der Waals surface area (Å²) in [5.74, 6) is 0.902. The van der Waals surface area contributed by atoms with Crippen molar-refractivity contribution in [3.05, 3.63) is 23.8 Å². The lowest BCUT2D eigenvalue weighted by Gasteiger charge is -2.29. The molecule has 2 rings (SSSR count). The summed E-state index contributed by atoms with van der Waals surface area (Å²) in [5, 5.41) is 17.8. The van der Waals surface area contributed by atoms with Crippen LogP contribution in [0.1, 0.15) is 30.3 Å². The first-order valence-electron chi connectivity index (χ1n) is 5.61. The van der Waals surface area contributed by atoms with Gasteiger partial charge in [-0.25, -0.2) is 14.8 Å². The monoisotopic (exact) mass is 237 g/mol. The molecule has 1 amide bonds. The van der Waals surface area contributed by atoms with Crippen molar-refractivity contribution >= 4 is 6.09 Å². The largest absolute Gasteiger partial charge is 0.465 e. The minimum Gasteiger partial charge on any atom is -0.465 e. The van der Waals surface area contributed by atoms with E-state index in [0.29, 0.717) is 24.6 Å². The molecule has 1 aromatic rings. The Hall–Kier alpha value is -1.69. The predicted octanol–water partition coefficient (Wildman–Crippen LogP) is 0.826. The molecule has 0 spiro atoms. The van der Waals surface area contributed by atoms with Gasteiger partial charge >= 0.3 is 6.09 Å². The van der Waals surface area contributed by atoms with Crippen LogP contribution in [0.15, 0.2) is 12.3 Å². The number of aliphatic hydroxyl groups is 1. The molecule has 1 aliphatic heterocycles. The highest BCUT2D eigenvalue weighted by Gasteiger charge is 2.25. The van der Waals surface area contributed by atoms with E-state index in [1.54, 1.807) is 12.3 Å². The normalized spacial score (nSPS) is 17.1. The summed E-state index contributed by atoms with van der Waals surface area (Å²) in [7, 11) is 0. The molecule has 2 heterocycles. The molecule has 0 aromatic carbocycles. The van der Waals surface area contributed by atoms with Crippen LogP contribution >= 0.6 is 0 Å². The molecule has 17 heavy (non-hydrogen) atoms. The maximum atomic E-state index is 10.8. The van der Waals surface area contributed by atoms with Crippen LogP contribution in [0.2, 0.25) is 0 Å². The second-order valence-corrected chi connectivity index (χ2v) is 4.11. The van der Waals surface area contributed by atoms with Crippen molar-refractivity contribution in [3.8, 4) is 0 Å². The average molecular weight is 237 g/mol. The fourth-order valence-corrected chi connectivity index (χ4v) is 2.03. The first kappa shape index (κ1) is 11.8. The minimum atomic E-state index is -0.867. The lowest BCUT2D eigenvalue weighted by molar-refractivity contribution is 0.131. The minimum absolute atomic E-state index is 0.0938. The molecule has 0 unspecified atom stereocenters. The zero-order valence-electron chi connectivity index (χ0n) is 9.41.